The Morgan fingerprint density at radius 3 is 2.69 bits per heavy atom. The summed E-state index contributed by atoms with van der Waals surface area (Å²) in [6.45, 7) is 0.299. The minimum atomic E-state index is -0.397. The number of amides is 1. The van der Waals surface area contributed by atoms with Gasteiger partial charge in [0.1, 0.15) is 11.4 Å². The molecule has 26 heavy (non-hydrogen) atoms. The summed E-state index contributed by atoms with van der Waals surface area (Å²) in [5.41, 5.74) is 1.14. The predicted octanol–water partition coefficient (Wildman–Crippen LogP) is 4.05. The van der Waals surface area contributed by atoms with Gasteiger partial charge >= 0.3 is 0 Å². The normalized spacial score (nSPS) is 13.6. The van der Waals surface area contributed by atoms with E-state index in [0.29, 0.717) is 12.2 Å². The lowest BCUT2D eigenvalue weighted by atomic mass is 10.1. The highest BCUT2D eigenvalue weighted by atomic mass is 32.1. The van der Waals surface area contributed by atoms with Crippen molar-refractivity contribution in [3.05, 3.63) is 81.2 Å². The Balaban J connectivity index is 1.61. The van der Waals surface area contributed by atoms with Crippen molar-refractivity contribution in [2.45, 2.75) is 25.4 Å². The van der Waals surface area contributed by atoms with E-state index in [1.54, 1.807) is 29.2 Å². The molecule has 1 N–H and O–H groups in total. The Kier molecular flexibility index (Phi) is 4.42. The fraction of sp³-hybridized carbons (Fsp3) is 0.200. The first-order valence-corrected chi connectivity index (χ1v) is 9.32. The number of nitrogens with one attached hydrogen (secondary N) is 1. The first-order valence-electron chi connectivity index (χ1n) is 8.44. The van der Waals surface area contributed by atoms with Crippen molar-refractivity contribution in [1.29, 1.82) is 0 Å². The van der Waals surface area contributed by atoms with Gasteiger partial charge in [-0.2, -0.15) is 0 Å². The van der Waals surface area contributed by atoms with Gasteiger partial charge in [0.05, 0.1) is 10.6 Å². The summed E-state index contributed by atoms with van der Waals surface area (Å²) in [5.74, 6) is -0.639. The van der Waals surface area contributed by atoms with Crippen molar-refractivity contribution in [2.75, 3.05) is 0 Å². The smallest absolute Gasteiger partial charge is 0.261 e. The maximum atomic E-state index is 13.4. The summed E-state index contributed by atoms with van der Waals surface area (Å²) in [7, 11) is 0. The Morgan fingerprint density at radius 1 is 1.19 bits per heavy atom. The van der Waals surface area contributed by atoms with Crippen molar-refractivity contribution in [1.82, 2.24) is 9.88 Å². The van der Waals surface area contributed by atoms with Gasteiger partial charge < -0.3 is 9.88 Å². The topological polar surface area (TPSA) is 53.2 Å². The third kappa shape index (κ3) is 3.46. The predicted molar refractivity (Wildman–Crippen MR) is 99.7 cm³/mol. The van der Waals surface area contributed by atoms with Crippen molar-refractivity contribution in [3.63, 3.8) is 0 Å². The highest BCUT2D eigenvalue weighted by Gasteiger charge is 2.34. The average Bonchev–Trinajstić information content (AvgIpc) is 3.32. The van der Waals surface area contributed by atoms with Crippen LogP contribution < -0.4 is 5.56 Å². The number of hydrogen-bond donors (Lipinski definition) is 1. The lowest BCUT2D eigenvalue weighted by Gasteiger charge is -2.22. The number of hydrogen-bond acceptors (Lipinski definition) is 3. The monoisotopic (exact) mass is 368 g/mol. The second kappa shape index (κ2) is 6.88. The molecule has 1 amide bonds. The number of carbonyl (C=O) groups is 1. The van der Waals surface area contributed by atoms with Gasteiger partial charge in [-0.05, 0) is 54.1 Å². The lowest BCUT2D eigenvalue weighted by Crippen LogP contribution is -2.36. The van der Waals surface area contributed by atoms with Gasteiger partial charge in [0, 0.05) is 12.6 Å². The van der Waals surface area contributed by atoms with Crippen molar-refractivity contribution in [2.24, 2.45) is 0 Å². The summed E-state index contributed by atoms with van der Waals surface area (Å²) in [6, 6.07) is 13.5. The van der Waals surface area contributed by atoms with Crippen LogP contribution in [0.25, 0.3) is 10.6 Å². The molecule has 4 rings (SSSR count). The minimum absolute atomic E-state index is 0.113. The largest absolute Gasteiger partial charge is 0.331 e. The summed E-state index contributed by atoms with van der Waals surface area (Å²) in [4.78, 5) is 30.8. The van der Waals surface area contributed by atoms with E-state index in [4.69, 9.17) is 0 Å². The van der Waals surface area contributed by atoms with Crippen molar-refractivity contribution in [3.8, 4) is 10.6 Å². The highest BCUT2D eigenvalue weighted by molar-refractivity contribution is 7.13. The summed E-state index contributed by atoms with van der Waals surface area (Å²) >= 11 is 1.52. The van der Waals surface area contributed by atoms with Crippen LogP contribution in [0.5, 0.6) is 0 Å². The molecule has 0 saturated heterocycles. The van der Waals surface area contributed by atoms with E-state index >= 15 is 0 Å². The molecule has 2 aromatic heterocycles. The summed E-state index contributed by atoms with van der Waals surface area (Å²) in [6.07, 6.45) is 1.82. The molecule has 2 heterocycles. The van der Waals surface area contributed by atoms with Crippen LogP contribution in [0.1, 0.15) is 28.8 Å². The molecular weight excluding hydrogens is 351 g/mol. The standard InChI is InChI=1S/C20H17FN2O2S/c21-14-4-1-3-13(11-14)12-23(15-6-7-15)20(25)16-8-9-17(22-19(16)24)18-5-2-10-26-18/h1-5,8-11,15H,6-7,12H2,(H,22,24). The van der Waals surface area contributed by atoms with E-state index < -0.39 is 5.56 Å². The molecule has 1 aromatic carbocycles. The molecule has 0 radical (unpaired) electrons. The van der Waals surface area contributed by atoms with Gasteiger partial charge in [0.2, 0.25) is 0 Å². The van der Waals surface area contributed by atoms with E-state index in [1.165, 1.54) is 23.5 Å². The number of rotatable bonds is 5. The van der Waals surface area contributed by atoms with Crippen molar-refractivity contribution >= 4 is 17.2 Å². The van der Waals surface area contributed by atoms with Crippen LogP contribution in [0.2, 0.25) is 0 Å². The zero-order valence-corrected chi connectivity index (χ0v) is 14.8. The van der Waals surface area contributed by atoms with Gasteiger partial charge in [0.15, 0.2) is 0 Å². The molecule has 1 aliphatic rings. The highest BCUT2D eigenvalue weighted by Crippen LogP contribution is 2.30. The molecule has 0 bridgehead atoms. The van der Waals surface area contributed by atoms with Gasteiger partial charge in [-0.3, -0.25) is 9.59 Å². The van der Waals surface area contributed by atoms with E-state index in [9.17, 15) is 14.0 Å². The van der Waals surface area contributed by atoms with Crippen LogP contribution >= 0.6 is 11.3 Å². The first kappa shape index (κ1) is 16.7. The summed E-state index contributed by atoms with van der Waals surface area (Å²) < 4.78 is 13.4. The van der Waals surface area contributed by atoms with E-state index in [0.717, 1.165) is 23.3 Å². The first-order chi connectivity index (χ1) is 12.6. The number of pyridine rings is 1. The number of carbonyl (C=O) groups excluding carboxylic acids is 1. The average molecular weight is 368 g/mol. The number of H-pyrrole nitrogens is 1. The van der Waals surface area contributed by atoms with Crippen LogP contribution in [-0.4, -0.2) is 21.8 Å². The number of benzene rings is 1. The molecule has 0 atom stereocenters. The fourth-order valence-electron chi connectivity index (χ4n) is 2.96. The molecule has 4 nitrogen and oxygen atoms in total. The Morgan fingerprint density at radius 2 is 2.04 bits per heavy atom. The van der Waals surface area contributed by atoms with Gasteiger partial charge in [-0.25, -0.2) is 4.39 Å². The van der Waals surface area contributed by atoms with Crippen LogP contribution in [0.15, 0.2) is 58.7 Å². The molecule has 0 unspecified atom stereocenters. The minimum Gasteiger partial charge on any atom is -0.331 e. The van der Waals surface area contributed by atoms with Gasteiger partial charge in [-0.15, -0.1) is 11.3 Å². The maximum Gasteiger partial charge on any atom is 0.261 e. The molecular formula is C20H17FN2O2S. The van der Waals surface area contributed by atoms with E-state index in [1.807, 2.05) is 17.5 Å². The molecule has 0 aliphatic heterocycles. The molecule has 1 fully saturated rings. The third-order valence-electron chi connectivity index (χ3n) is 4.42. The molecule has 6 heteroatoms. The number of aromatic nitrogens is 1. The quantitative estimate of drug-likeness (QED) is 0.739. The molecule has 1 saturated carbocycles. The number of thiophene rings is 1. The second-order valence-corrected chi connectivity index (χ2v) is 7.33. The second-order valence-electron chi connectivity index (χ2n) is 6.39. The number of aromatic amines is 1. The van der Waals surface area contributed by atoms with E-state index in [2.05, 4.69) is 4.98 Å². The Labute approximate surface area is 153 Å². The molecule has 132 valence electrons. The summed E-state index contributed by atoms with van der Waals surface area (Å²) in [5, 5.41) is 1.93. The lowest BCUT2D eigenvalue weighted by molar-refractivity contribution is 0.0728. The molecule has 0 spiro atoms. The fourth-order valence-corrected chi connectivity index (χ4v) is 3.66. The van der Waals surface area contributed by atoms with Crippen molar-refractivity contribution < 1.29 is 9.18 Å². The number of halogens is 1. The van der Waals surface area contributed by atoms with Crippen LogP contribution in [-0.2, 0) is 6.54 Å². The van der Waals surface area contributed by atoms with Crippen LogP contribution in [0, 0.1) is 5.82 Å². The van der Waals surface area contributed by atoms with Gasteiger partial charge in [0.25, 0.3) is 11.5 Å². The molecule has 1 aliphatic carbocycles. The van der Waals surface area contributed by atoms with Crippen LogP contribution in [0.3, 0.4) is 0 Å². The SMILES string of the molecule is O=C(c1ccc(-c2cccs2)[nH]c1=O)N(Cc1cccc(F)c1)C1CC1. The third-order valence-corrected chi connectivity index (χ3v) is 5.32. The maximum absolute atomic E-state index is 13.4. The van der Waals surface area contributed by atoms with Gasteiger partial charge in [-0.1, -0.05) is 18.2 Å². The van der Waals surface area contributed by atoms with Crippen LogP contribution in [0.4, 0.5) is 4.39 Å². The van der Waals surface area contributed by atoms with E-state index in [-0.39, 0.29) is 23.3 Å². The number of nitrogens with zero attached hydrogens (tertiary/aromatic N) is 1. The zero-order chi connectivity index (χ0) is 18.1. The molecule has 3 aromatic rings. The Bertz CT molecular complexity index is 993. The Hall–Kier alpha value is -2.73. The zero-order valence-electron chi connectivity index (χ0n) is 13.9.